The third-order valence-corrected chi connectivity index (χ3v) is 5.16. The largest absolute Gasteiger partial charge is 0.352 e. The van der Waals surface area contributed by atoms with Gasteiger partial charge in [0, 0.05) is 11.1 Å². The molecule has 25 heavy (non-hydrogen) atoms. The normalized spacial score (nSPS) is 17.0. The van der Waals surface area contributed by atoms with E-state index in [1.807, 2.05) is 13.8 Å². The van der Waals surface area contributed by atoms with E-state index in [9.17, 15) is 9.59 Å². The first-order valence-corrected chi connectivity index (χ1v) is 9.70. The van der Waals surface area contributed by atoms with Gasteiger partial charge in [-0.15, -0.1) is 0 Å². The van der Waals surface area contributed by atoms with E-state index in [0.717, 1.165) is 25.7 Å². The summed E-state index contributed by atoms with van der Waals surface area (Å²) < 4.78 is 0. The Kier molecular flexibility index (Phi) is 7.57. The smallest absolute Gasteiger partial charge is 0.253 e. The first kappa shape index (κ1) is 20.1. The SMILES string of the molecule is CC(C)C(NC(=O)c1ccc(Cl)cc1Cl)C(=O)NC1CCCCCC1. The van der Waals surface area contributed by atoms with Gasteiger partial charge in [-0.05, 0) is 37.0 Å². The number of carbonyl (C=O) groups is 2. The number of rotatable bonds is 5. The Morgan fingerprint density at radius 2 is 1.72 bits per heavy atom. The van der Waals surface area contributed by atoms with E-state index in [1.54, 1.807) is 12.1 Å². The predicted molar refractivity (Wildman–Crippen MR) is 102 cm³/mol. The molecule has 0 radical (unpaired) electrons. The van der Waals surface area contributed by atoms with Crippen LogP contribution in [-0.4, -0.2) is 23.9 Å². The van der Waals surface area contributed by atoms with Crippen molar-refractivity contribution in [2.24, 2.45) is 5.92 Å². The first-order chi connectivity index (χ1) is 11.9. The zero-order valence-corrected chi connectivity index (χ0v) is 16.3. The fraction of sp³-hybridized carbons (Fsp3) is 0.579. The van der Waals surface area contributed by atoms with Gasteiger partial charge in [0.15, 0.2) is 0 Å². The lowest BCUT2D eigenvalue weighted by Gasteiger charge is -2.25. The van der Waals surface area contributed by atoms with Crippen LogP contribution in [0.1, 0.15) is 62.7 Å². The van der Waals surface area contributed by atoms with Crippen molar-refractivity contribution in [2.75, 3.05) is 0 Å². The van der Waals surface area contributed by atoms with Crippen molar-refractivity contribution in [1.29, 1.82) is 0 Å². The molecule has 1 aliphatic carbocycles. The van der Waals surface area contributed by atoms with E-state index >= 15 is 0 Å². The molecule has 1 saturated carbocycles. The molecule has 1 unspecified atom stereocenters. The average molecular weight is 385 g/mol. The Balaban J connectivity index is 2.03. The second kappa shape index (κ2) is 9.44. The summed E-state index contributed by atoms with van der Waals surface area (Å²) in [6.07, 6.45) is 6.76. The predicted octanol–water partition coefficient (Wildman–Crippen LogP) is 4.59. The Morgan fingerprint density at radius 3 is 2.28 bits per heavy atom. The van der Waals surface area contributed by atoms with Gasteiger partial charge in [-0.2, -0.15) is 0 Å². The molecular formula is C19H26Cl2N2O2. The van der Waals surface area contributed by atoms with Crippen molar-refractivity contribution in [1.82, 2.24) is 10.6 Å². The lowest BCUT2D eigenvalue weighted by molar-refractivity contribution is -0.124. The Hall–Kier alpha value is -1.26. The molecule has 1 aromatic carbocycles. The van der Waals surface area contributed by atoms with Gasteiger partial charge in [-0.3, -0.25) is 9.59 Å². The van der Waals surface area contributed by atoms with E-state index in [0.29, 0.717) is 10.6 Å². The molecule has 1 aliphatic rings. The molecule has 0 saturated heterocycles. The zero-order chi connectivity index (χ0) is 18.4. The minimum absolute atomic E-state index is 0.0270. The first-order valence-electron chi connectivity index (χ1n) is 8.94. The van der Waals surface area contributed by atoms with Gasteiger partial charge in [-0.1, -0.05) is 62.7 Å². The quantitative estimate of drug-likeness (QED) is 0.729. The van der Waals surface area contributed by atoms with Gasteiger partial charge in [0.1, 0.15) is 6.04 Å². The van der Waals surface area contributed by atoms with Crippen LogP contribution in [0.25, 0.3) is 0 Å². The topological polar surface area (TPSA) is 58.2 Å². The lowest BCUT2D eigenvalue weighted by atomic mass is 10.0. The summed E-state index contributed by atoms with van der Waals surface area (Å²) in [4.78, 5) is 25.2. The highest BCUT2D eigenvalue weighted by molar-refractivity contribution is 6.36. The van der Waals surface area contributed by atoms with Crippen molar-refractivity contribution < 1.29 is 9.59 Å². The number of hydrogen-bond donors (Lipinski definition) is 2. The molecule has 1 fully saturated rings. The highest BCUT2D eigenvalue weighted by Crippen LogP contribution is 2.21. The minimum atomic E-state index is -0.595. The second-order valence-electron chi connectivity index (χ2n) is 7.02. The van der Waals surface area contributed by atoms with Crippen LogP contribution >= 0.6 is 23.2 Å². The fourth-order valence-electron chi connectivity index (χ4n) is 3.14. The highest BCUT2D eigenvalue weighted by atomic mass is 35.5. The lowest BCUT2D eigenvalue weighted by Crippen LogP contribution is -2.52. The third-order valence-electron chi connectivity index (χ3n) is 4.61. The molecule has 6 heteroatoms. The summed E-state index contributed by atoms with van der Waals surface area (Å²) >= 11 is 12.0. The number of halogens is 2. The second-order valence-corrected chi connectivity index (χ2v) is 7.86. The number of carbonyl (C=O) groups excluding carboxylic acids is 2. The fourth-order valence-corrected chi connectivity index (χ4v) is 3.64. The minimum Gasteiger partial charge on any atom is -0.352 e. The van der Waals surface area contributed by atoms with E-state index in [1.165, 1.54) is 18.9 Å². The molecule has 1 atom stereocenters. The summed E-state index contributed by atoms with van der Waals surface area (Å²) in [7, 11) is 0. The Labute approximate surface area is 159 Å². The molecule has 0 bridgehead atoms. The number of benzene rings is 1. The molecule has 1 aromatic rings. The van der Waals surface area contributed by atoms with Crippen molar-refractivity contribution in [3.8, 4) is 0 Å². The van der Waals surface area contributed by atoms with E-state index < -0.39 is 6.04 Å². The van der Waals surface area contributed by atoms with E-state index in [-0.39, 0.29) is 28.8 Å². The molecule has 138 valence electrons. The third kappa shape index (κ3) is 5.89. The summed E-state index contributed by atoms with van der Waals surface area (Å²) in [6, 6.07) is 4.31. The van der Waals surface area contributed by atoms with Crippen LogP contribution in [0.4, 0.5) is 0 Å². The van der Waals surface area contributed by atoms with Crippen LogP contribution in [0, 0.1) is 5.92 Å². The summed E-state index contributed by atoms with van der Waals surface area (Å²) in [5.41, 5.74) is 0.319. The zero-order valence-electron chi connectivity index (χ0n) is 14.8. The van der Waals surface area contributed by atoms with Crippen molar-refractivity contribution in [3.05, 3.63) is 33.8 Å². The van der Waals surface area contributed by atoms with Crippen molar-refractivity contribution >= 4 is 35.0 Å². The molecular weight excluding hydrogens is 359 g/mol. The molecule has 4 nitrogen and oxygen atoms in total. The van der Waals surface area contributed by atoms with Gasteiger partial charge < -0.3 is 10.6 Å². The number of hydrogen-bond acceptors (Lipinski definition) is 2. The number of amides is 2. The van der Waals surface area contributed by atoms with E-state index in [4.69, 9.17) is 23.2 Å². The van der Waals surface area contributed by atoms with Crippen molar-refractivity contribution in [2.45, 2.75) is 64.5 Å². The maximum Gasteiger partial charge on any atom is 0.253 e. The standard InChI is InChI=1S/C19H26Cl2N2O2/c1-12(2)17(19(25)22-14-7-5-3-4-6-8-14)23-18(24)15-10-9-13(20)11-16(15)21/h9-12,14,17H,3-8H2,1-2H3,(H,22,25)(H,23,24). The molecule has 2 amide bonds. The Morgan fingerprint density at radius 1 is 1.08 bits per heavy atom. The summed E-state index contributed by atoms with van der Waals surface area (Å²) in [5.74, 6) is -0.516. The van der Waals surface area contributed by atoms with Gasteiger partial charge in [0.05, 0.1) is 10.6 Å². The van der Waals surface area contributed by atoms with Crippen LogP contribution in [0.3, 0.4) is 0 Å². The van der Waals surface area contributed by atoms with E-state index in [2.05, 4.69) is 10.6 Å². The van der Waals surface area contributed by atoms with Crippen LogP contribution in [0.2, 0.25) is 10.0 Å². The van der Waals surface area contributed by atoms with Crippen LogP contribution in [-0.2, 0) is 4.79 Å². The van der Waals surface area contributed by atoms with Gasteiger partial charge >= 0.3 is 0 Å². The highest BCUT2D eigenvalue weighted by Gasteiger charge is 2.27. The van der Waals surface area contributed by atoms with Crippen LogP contribution in [0.5, 0.6) is 0 Å². The van der Waals surface area contributed by atoms with Gasteiger partial charge in [0.2, 0.25) is 5.91 Å². The van der Waals surface area contributed by atoms with Gasteiger partial charge in [-0.25, -0.2) is 0 Å². The summed E-state index contributed by atoms with van der Waals surface area (Å²) in [5, 5.41) is 6.67. The Bertz CT molecular complexity index is 611. The van der Waals surface area contributed by atoms with Crippen molar-refractivity contribution in [3.63, 3.8) is 0 Å². The molecule has 0 aromatic heterocycles. The molecule has 0 spiro atoms. The molecule has 2 rings (SSSR count). The maximum absolute atomic E-state index is 12.7. The van der Waals surface area contributed by atoms with Crippen LogP contribution in [0.15, 0.2) is 18.2 Å². The number of nitrogens with one attached hydrogen (secondary N) is 2. The molecule has 0 heterocycles. The average Bonchev–Trinajstić information content (AvgIpc) is 2.80. The van der Waals surface area contributed by atoms with Crippen LogP contribution < -0.4 is 10.6 Å². The van der Waals surface area contributed by atoms with Gasteiger partial charge in [0.25, 0.3) is 5.91 Å². The monoisotopic (exact) mass is 384 g/mol. The molecule has 2 N–H and O–H groups in total. The summed E-state index contributed by atoms with van der Waals surface area (Å²) in [6.45, 7) is 3.84. The maximum atomic E-state index is 12.7. The molecule has 0 aliphatic heterocycles.